The summed E-state index contributed by atoms with van der Waals surface area (Å²) in [5, 5.41) is 19.7. The Kier molecular flexibility index (Phi) is 7.21. The van der Waals surface area contributed by atoms with E-state index in [-0.39, 0.29) is 16.5 Å². The Morgan fingerprint density at radius 2 is 1.84 bits per heavy atom. The molecule has 0 saturated carbocycles. The third-order valence-corrected chi connectivity index (χ3v) is 8.07. The second kappa shape index (κ2) is 10.7. The quantitative estimate of drug-likeness (QED) is 0.163. The van der Waals surface area contributed by atoms with Gasteiger partial charge in [0.25, 0.3) is 5.91 Å². The fourth-order valence-electron chi connectivity index (χ4n) is 4.14. The molecule has 5 rings (SSSR count). The van der Waals surface area contributed by atoms with E-state index in [4.69, 9.17) is 13.9 Å². The number of methoxy groups -OCH3 is 2. The number of ketones is 1. The maximum atomic E-state index is 13.5. The van der Waals surface area contributed by atoms with Crippen LogP contribution in [0.4, 0.5) is 5.13 Å². The van der Waals surface area contributed by atoms with Gasteiger partial charge in [-0.25, -0.2) is 0 Å². The van der Waals surface area contributed by atoms with E-state index in [1.54, 1.807) is 31.2 Å². The molecule has 194 valence electrons. The molecule has 1 atom stereocenters. The van der Waals surface area contributed by atoms with Gasteiger partial charge in [0, 0.05) is 5.75 Å². The topological polar surface area (TPSA) is 115 Å². The molecule has 0 bridgehead atoms. The number of aromatic nitrogens is 2. The zero-order valence-corrected chi connectivity index (χ0v) is 22.3. The summed E-state index contributed by atoms with van der Waals surface area (Å²) in [6.07, 6.45) is 0. The van der Waals surface area contributed by atoms with E-state index in [2.05, 4.69) is 10.2 Å². The molecule has 0 spiro atoms. The van der Waals surface area contributed by atoms with E-state index in [0.29, 0.717) is 32.9 Å². The second-order valence-corrected chi connectivity index (χ2v) is 10.5. The van der Waals surface area contributed by atoms with Gasteiger partial charge in [-0.3, -0.25) is 14.5 Å². The summed E-state index contributed by atoms with van der Waals surface area (Å²) in [7, 11) is 3.00. The molecule has 1 aliphatic rings. The van der Waals surface area contributed by atoms with E-state index in [9.17, 15) is 14.7 Å². The van der Waals surface area contributed by atoms with Crippen molar-refractivity contribution in [1.82, 2.24) is 10.2 Å². The molecule has 3 heterocycles. The van der Waals surface area contributed by atoms with Crippen LogP contribution in [0, 0.1) is 6.92 Å². The van der Waals surface area contributed by atoms with E-state index >= 15 is 0 Å². The van der Waals surface area contributed by atoms with E-state index < -0.39 is 23.5 Å². The minimum atomic E-state index is -1.000. The minimum absolute atomic E-state index is 0.0144. The number of thioether (sulfide) groups is 1. The summed E-state index contributed by atoms with van der Waals surface area (Å²) < 4.78 is 17.0. The smallest absolute Gasteiger partial charge is 0.296 e. The third-order valence-electron chi connectivity index (χ3n) is 5.95. The Balaban J connectivity index is 1.54. The van der Waals surface area contributed by atoms with Crippen molar-refractivity contribution in [3.05, 3.63) is 94.6 Å². The average Bonchev–Trinajstić information content (AvgIpc) is 3.65. The molecule has 1 amide bonds. The highest BCUT2D eigenvalue weighted by Gasteiger charge is 2.47. The molecular formula is C27H23N3O6S2. The largest absolute Gasteiger partial charge is 0.503 e. The highest BCUT2D eigenvalue weighted by Crippen LogP contribution is 2.45. The molecule has 11 heteroatoms. The van der Waals surface area contributed by atoms with Crippen LogP contribution in [0.5, 0.6) is 11.5 Å². The zero-order valence-electron chi connectivity index (χ0n) is 20.7. The Morgan fingerprint density at radius 3 is 2.53 bits per heavy atom. The number of ether oxygens (including phenoxy) is 2. The number of aliphatic hydroxyl groups excluding tert-OH is 1. The Hall–Kier alpha value is -4.09. The fraction of sp³-hybridized carbons (Fsp3) is 0.185. The molecule has 0 saturated heterocycles. The van der Waals surface area contributed by atoms with Gasteiger partial charge < -0.3 is 19.0 Å². The van der Waals surface area contributed by atoms with Gasteiger partial charge in [0.2, 0.25) is 10.9 Å². The van der Waals surface area contributed by atoms with Gasteiger partial charge in [-0.15, -0.1) is 10.2 Å². The first-order chi connectivity index (χ1) is 18.4. The van der Waals surface area contributed by atoms with E-state index in [0.717, 1.165) is 5.56 Å². The van der Waals surface area contributed by atoms with Gasteiger partial charge in [-0.2, -0.15) is 0 Å². The van der Waals surface area contributed by atoms with Crippen LogP contribution in [0.25, 0.3) is 0 Å². The number of Topliss-reactive ketones (excluding diaryl/α,β-unsaturated/α-hetero) is 1. The summed E-state index contributed by atoms with van der Waals surface area (Å²) >= 11 is 2.68. The highest BCUT2D eigenvalue weighted by atomic mass is 32.2. The van der Waals surface area contributed by atoms with Crippen molar-refractivity contribution in [2.45, 2.75) is 23.1 Å². The molecule has 2 aromatic heterocycles. The lowest BCUT2D eigenvalue weighted by atomic mass is 9.95. The lowest BCUT2D eigenvalue weighted by Gasteiger charge is -2.24. The third kappa shape index (κ3) is 4.77. The molecule has 38 heavy (non-hydrogen) atoms. The summed E-state index contributed by atoms with van der Waals surface area (Å²) in [6.45, 7) is 1.71. The molecule has 0 aliphatic carbocycles. The number of amides is 1. The average molecular weight is 550 g/mol. The van der Waals surface area contributed by atoms with Gasteiger partial charge in [-0.1, -0.05) is 59.5 Å². The number of nitrogens with zero attached hydrogens (tertiary/aromatic N) is 3. The van der Waals surface area contributed by atoms with Crippen LogP contribution >= 0.6 is 23.1 Å². The first-order valence-corrected chi connectivity index (χ1v) is 13.3. The van der Waals surface area contributed by atoms with Crippen molar-refractivity contribution in [3.8, 4) is 11.5 Å². The molecule has 9 nitrogen and oxygen atoms in total. The van der Waals surface area contributed by atoms with Crippen LogP contribution in [0.2, 0.25) is 0 Å². The van der Waals surface area contributed by atoms with Crippen molar-refractivity contribution >= 4 is 39.9 Å². The minimum Gasteiger partial charge on any atom is -0.503 e. The van der Waals surface area contributed by atoms with Gasteiger partial charge >= 0.3 is 0 Å². The number of aliphatic hydroxyl groups is 1. The van der Waals surface area contributed by atoms with Gasteiger partial charge in [0.05, 0.1) is 25.8 Å². The van der Waals surface area contributed by atoms with Crippen LogP contribution in [0.3, 0.4) is 0 Å². The van der Waals surface area contributed by atoms with Crippen molar-refractivity contribution in [2.24, 2.45) is 0 Å². The lowest BCUT2D eigenvalue weighted by molar-refractivity contribution is -0.117. The lowest BCUT2D eigenvalue weighted by Crippen LogP contribution is -2.31. The Morgan fingerprint density at radius 1 is 1.08 bits per heavy atom. The molecule has 1 unspecified atom stereocenters. The number of rotatable bonds is 9. The predicted molar refractivity (Wildman–Crippen MR) is 143 cm³/mol. The number of carbonyl (C=O) groups is 2. The van der Waals surface area contributed by atoms with Crippen molar-refractivity contribution in [2.75, 3.05) is 19.1 Å². The standard InChI is InChI=1S/C27H23N3O6S2/c1-15-9-11-19(36-15)23(31)21-22(17-10-12-18(34-2)20(13-17)35-3)30(25(33)24(21)32)26-28-29-27(38-26)37-14-16-7-5-4-6-8-16/h4-13,22,32H,14H2,1-3H3. The monoisotopic (exact) mass is 549 g/mol. The van der Waals surface area contributed by atoms with Crippen molar-refractivity contribution in [1.29, 1.82) is 0 Å². The molecule has 0 fully saturated rings. The number of hydrogen-bond donors (Lipinski definition) is 1. The maximum Gasteiger partial charge on any atom is 0.296 e. The zero-order chi connectivity index (χ0) is 26.8. The van der Waals surface area contributed by atoms with Crippen LogP contribution in [-0.4, -0.2) is 41.2 Å². The molecule has 2 aromatic carbocycles. The Bertz CT molecular complexity index is 1530. The SMILES string of the molecule is COc1ccc(C2C(C(=O)c3ccc(C)o3)=C(O)C(=O)N2c2nnc(SCc3ccccc3)s2)cc1OC. The molecular weight excluding hydrogens is 526 g/mol. The molecule has 1 aliphatic heterocycles. The first kappa shape index (κ1) is 25.6. The van der Waals surface area contributed by atoms with E-state index in [1.807, 2.05) is 30.3 Å². The number of carbonyl (C=O) groups excluding carboxylic acids is 2. The van der Waals surface area contributed by atoms with Gasteiger partial charge in [0.15, 0.2) is 27.4 Å². The fourth-order valence-corrected chi connectivity index (χ4v) is 5.96. The maximum absolute atomic E-state index is 13.5. The first-order valence-electron chi connectivity index (χ1n) is 11.5. The van der Waals surface area contributed by atoms with Crippen LogP contribution in [-0.2, 0) is 10.5 Å². The summed E-state index contributed by atoms with van der Waals surface area (Å²) in [6, 6.07) is 17.1. The number of anilines is 1. The van der Waals surface area contributed by atoms with Gasteiger partial charge in [0.1, 0.15) is 5.76 Å². The van der Waals surface area contributed by atoms with Crippen molar-refractivity contribution < 1.29 is 28.6 Å². The van der Waals surface area contributed by atoms with Crippen LogP contribution in [0.1, 0.15) is 33.5 Å². The second-order valence-electron chi connectivity index (χ2n) is 8.32. The van der Waals surface area contributed by atoms with Crippen LogP contribution in [0.15, 0.2) is 80.8 Å². The summed E-state index contributed by atoms with van der Waals surface area (Å²) in [4.78, 5) is 28.2. The molecule has 4 aromatic rings. The summed E-state index contributed by atoms with van der Waals surface area (Å²) in [5.74, 6) is 0.0699. The van der Waals surface area contributed by atoms with Gasteiger partial charge in [-0.05, 0) is 42.3 Å². The highest BCUT2D eigenvalue weighted by molar-refractivity contribution is 8.00. The number of aryl methyl sites for hydroxylation is 1. The predicted octanol–water partition coefficient (Wildman–Crippen LogP) is 5.53. The molecule has 0 radical (unpaired) electrons. The molecule has 1 N–H and O–H groups in total. The summed E-state index contributed by atoms with van der Waals surface area (Å²) in [5.41, 5.74) is 1.52. The van der Waals surface area contributed by atoms with Crippen molar-refractivity contribution in [3.63, 3.8) is 0 Å². The van der Waals surface area contributed by atoms with E-state index in [1.165, 1.54) is 48.3 Å². The number of hydrogen-bond acceptors (Lipinski definition) is 10. The normalized spacial score (nSPS) is 15.3. The number of furan rings is 1. The van der Waals surface area contributed by atoms with Crippen LogP contribution < -0.4 is 14.4 Å². The number of benzene rings is 2. The Labute approximate surface area is 226 Å².